The summed E-state index contributed by atoms with van der Waals surface area (Å²) < 4.78 is 0. The number of fused-ring (bicyclic) bond motifs is 1. The minimum atomic E-state index is -1.05. The summed E-state index contributed by atoms with van der Waals surface area (Å²) in [5.41, 5.74) is 2.33. The number of thiol groups is 1. The van der Waals surface area contributed by atoms with E-state index in [0.29, 0.717) is 24.2 Å². The molecule has 0 radical (unpaired) electrons. The normalized spacial score (nSPS) is 16.4. The van der Waals surface area contributed by atoms with Gasteiger partial charge in [-0.05, 0) is 30.2 Å². The quantitative estimate of drug-likeness (QED) is 0.829. The zero-order chi connectivity index (χ0) is 17.8. The topological polar surface area (TPSA) is 70.0 Å². The third kappa shape index (κ3) is 3.58. The van der Waals surface area contributed by atoms with Gasteiger partial charge < -0.3 is 5.11 Å². The van der Waals surface area contributed by atoms with Gasteiger partial charge in [-0.2, -0.15) is 12.6 Å². The summed E-state index contributed by atoms with van der Waals surface area (Å²) in [6.45, 7) is 0. The lowest BCUT2D eigenvalue weighted by Gasteiger charge is -2.31. The number of carbonyl (C=O) groups excluding carboxylic acids is 1. The number of anilines is 1. The Kier molecular flexibility index (Phi) is 5.19. The Hall–Kier alpha value is -2.60. The SMILES string of the molecule is O=C(O)[C@@H](CS)N=C1CCc2ccccc2N1C(=O)c1ccccc1. The molecule has 2 aromatic carbocycles. The fourth-order valence-corrected chi connectivity index (χ4v) is 3.09. The van der Waals surface area contributed by atoms with E-state index in [-0.39, 0.29) is 11.7 Å². The molecule has 6 heteroatoms. The van der Waals surface area contributed by atoms with Crippen LogP contribution in [-0.4, -0.2) is 34.6 Å². The molecule has 0 aromatic heterocycles. The lowest BCUT2D eigenvalue weighted by molar-refractivity contribution is -0.137. The summed E-state index contributed by atoms with van der Waals surface area (Å²) in [5.74, 6) is -0.717. The number of aliphatic imine (C=N–C) groups is 1. The lowest BCUT2D eigenvalue weighted by Crippen LogP contribution is -2.42. The Balaban J connectivity index is 2.08. The highest BCUT2D eigenvalue weighted by molar-refractivity contribution is 7.80. The van der Waals surface area contributed by atoms with E-state index < -0.39 is 12.0 Å². The molecule has 128 valence electrons. The maximum absolute atomic E-state index is 13.1. The molecule has 0 aliphatic carbocycles. The first kappa shape index (κ1) is 17.2. The summed E-state index contributed by atoms with van der Waals surface area (Å²) in [4.78, 5) is 30.3. The number of rotatable bonds is 4. The van der Waals surface area contributed by atoms with Gasteiger partial charge in [-0.15, -0.1) is 0 Å². The van der Waals surface area contributed by atoms with Crippen LogP contribution in [0.1, 0.15) is 22.3 Å². The van der Waals surface area contributed by atoms with Crippen LogP contribution in [0.25, 0.3) is 0 Å². The second-order valence-corrected chi connectivity index (χ2v) is 6.08. The van der Waals surface area contributed by atoms with E-state index in [4.69, 9.17) is 0 Å². The molecule has 2 aromatic rings. The van der Waals surface area contributed by atoms with E-state index in [0.717, 1.165) is 11.3 Å². The molecule has 1 atom stereocenters. The molecule has 0 bridgehead atoms. The zero-order valence-corrected chi connectivity index (χ0v) is 14.4. The van der Waals surface area contributed by atoms with Crippen molar-refractivity contribution in [2.45, 2.75) is 18.9 Å². The third-order valence-corrected chi connectivity index (χ3v) is 4.44. The first-order chi connectivity index (χ1) is 12.1. The van der Waals surface area contributed by atoms with Gasteiger partial charge in [0.1, 0.15) is 5.84 Å². The van der Waals surface area contributed by atoms with Gasteiger partial charge in [0.2, 0.25) is 0 Å². The van der Waals surface area contributed by atoms with Crippen molar-refractivity contribution in [1.82, 2.24) is 0 Å². The van der Waals surface area contributed by atoms with Gasteiger partial charge in [0.25, 0.3) is 5.91 Å². The number of aliphatic carboxylic acids is 1. The van der Waals surface area contributed by atoms with E-state index in [2.05, 4.69) is 17.6 Å². The fourth-order valence-electron chi connectivity index (χ4n) is 2.85. The largest absolute Gasteiger partial charge is 0.480 e. The van der Waals surface area contributed by atoms with Crippen LogP contribution in [0, 0.1) is 0 Å². The molecule has 1 N–H and O–H groups in total. The number of benzene rings is 2. The molecule has 3 rings (SSSR count). The Morgan fingerprint density at radius 1 is 1.08 bits per heavy atom. The predicted molar refractivity (Wildman–Crippen MR) is 101 cm³/mol. The van der Waals surface area contributed by atoms with Crippen LogP contribution in [-0.2, 0) is 11.2 Å². The number of carboxylic acid groups (broad SMARTS) is 1. The molecule has 0 saturated heterocycles. The molecule has 0 fully saturated rings. The van der Waals surface area contributed by atoms with Crippen molar-refractivity contribution >= 4 is 36.0 Å². The van der Waals surface area contributed by atoms with Gasteiger partial charge in [-0.25, -0.2) is 4.79 Å². The van der Waals surface area contributed by atoms with Crippen LogP contribution in [0.2, 0.25) is 0 Å². The number of nitrogens with zero attached hydrogens (tertiary/aromatic N) is 2. The van der Waals surface area contributed by atoms with Crippen molar-refractivity contribution in [2.24, 2.45) is 4.99 Å². The molecule has 0 unspecified atom stereocenters. The van der Waals surface area contributed by atoms with Crippen molar-refractivity contribution < 1.29 is 14.7 Å². The van der Waals surface area contributed by atoms with Gasteiger partial charge in [-0.3, -0.25) is 14.7 Å². The van der Waals surface area contributed by atoms with Crippen molar-refractivity contribution in [3.05, 3.63) is 65.7 Å². The summed E-state index contributed by atoms with van der Waals surface area (Å²) in [6, 6.07) is 15.6. The molecular formula is C19H18N2O3S. The number of carbonyl (C=O) groups is 2. The smallest absolute Gasteiger partial charge is 0.329 e. The first-order valence-electron chi connectivity index (χ1n) is 7.99. The molecule has 1 aliphatic heterocycles. The number of amidine groups is 1. The second-order valence-electron chi connectivity index (χ2n) is 5.72. The van der Waals surface area contributed by atoms with E-state index >= 15 is 0 Å². The maximum atomic E-state index is 13.1. The Morgan fingerprint density at radius 2 is 1.76 bits per heavy atom. The fraction of sp³-hybridized carbons (Fsp3) is 0.211. The molecule has 0 saturated carbocycles. The van der Waals surface area contributed by atoms with E-state index in [9.17, 15) is 14.7 Å². The minimum absolute atomic E-state index is 0.0772. The van der Waals surface area contributed by atoms with E-state index in [1.165, 1.54) is 4.90 Å². The number of carboxylic acids is 1. The number of para-hydroxylation sites is 1. The van der Waals surface area contributed by atoms with Crippen LogP contribution in [0.3, 0.4) is 0 Å². The van der Waals surface area contributed by atoms with E-state index in [1.54, 1.807) is 24.3 Å². The third-order valence-electron chi connectivity index (χ3n) is 4.10. The van der Waals surface area contributed by atoms with E-state index in [1.807, 2.05) is 30.3 Å². The standard InChI is InChI=1S/C19H18N2O3S/c22-18(14-7-2-1-3-8-14)21-16-9-5-4-6-13(16)10-11-17(21)20-15(12-25)19(23)24/h1-9,15,25H,10-12H2,(H,23,24)/t15-/m1/s1. The van der Waals surface area contributed by atoms with Crippen LogP contribution >= 0.6 is 12.6 Å². The molecule has 25 heavy (non-hydrogen) atoms. The van der Waals surface area contributed by atoms with Crippen LogP contribution in [0.15, 0.2) is 59.6 Å². The average Bonchev–Trinajstić information content (AvgIpc) is 2.65. The Bertz CT molecular complexity index is 820. The van der Waals surface area contributed by atoms with Crippen LogP contribution < -0.4 is 4.90 Å². The summed E-state index contributed by atoms with van der Waals surface area (Å²) in [7, 11) is 0. The molecular weight excluding hydrogens is 336 g/mol. The maximum Gasteiger partial charge on any atom is 0.329 e. The number of aryl methyl sites for hydroxylation is 1. The lowest BCUT2D eigenvalue weighted by atomic mass is 9.99. The highest BCUT2D eigenvalue weighted by Gasteiger charge is 2.30. The van der Waals surface area contributed by atoms with Gasteiger partial charge in [0.15, 0.2) is 6.04 Å². The molecule has 1 amide bonds. The van der Waals surface area contributed by atoms with Gasteiger partial charge in [-0.1, -0.05) is 36.4 Å². The molecule has 1 aliphatic rings. The average molecular weight is 354 g/mol. The van der Waals surface area contributed by atoms with Crippen molar-refractivity contribution in [3.63, 3.8) is 0 Å². The molecule has 5 nitrogen and oxygen atoms in total. The second kappa shape index (κ2) is 7.53. The number of hydrogen-bond donors (Lipinski definition) is 2. The molecule has 1 heterocycles. The van der Waals surface area contributed by atoms with Gasteiger partial charge >= 0.3 is 5.97 Å². The highest BCUT2D eigenvalue weighted by Crippen LogP contribution is 2.30. The van der Waals surface area contributed by atoms with Crippen LogP contribution in [0.5, 0.6) is 0 Å². The number of amides is 1. The van der Waals surface area contributed by atoms with Crippen molar-refractivity contribution in [3.8, 4) is 0 Å². The summed E-state index contributed by atoms with van der Waals surface area (Å²) in [6.07, 6.45) is 1.22. The Labute approximate surface area is 151 Å². The molecule has 0 spiro atoms. The summed E-state index contributed by atoms with van der Waals surface area (Å²) >= 11 is 4.07. The minimum Gasteiger partial charge on any atom is -0.480 e. The number of hydrogen-bond acceptors (Lipinski definition) is 4. The highest BCUT2D eigenvalue weighted by atomic mass is 32.1. The predicted octanol–water partition coefficient (Wildman–Crippen LogP) is 3.06. The van der Waals surface area contributed by atoms with Crippen molar-refractivity contribution in [2.75, 3.05) is 10.7 Å². The van der Waals surface area contributed by atoms with Gasteiger partial charge in [0, 0.05) is 17.7 Å². The van der Waals surface area contributed by atoms with Crippen molar-refractivity contribution in [1.29, 1.82) is 0 Å². The van der Waals surface area contributed by atoms with Gasteiger partial charge in [0.05, 0.1) is 5.69 Å². The van der Waals surface area contributed by atoms with Crippen LogP contribution in [0.4, 0.5) is 5.69 Å². The Morgan fingerprint density at radius 3 is 2.44 bits per heavy atom. The first-order valence-corrected chi connectivity index (χ1v) is 8.63. The monoisotopic (exact) mass is 354 g/mol. The summed E-state index contributed by atoms with van der Waals surface area (Å²) in [5, 5.41) is 9.28. The zero-order valence-electron chi connectivity index (χ0n) is 13.5.